The van der Waals surface area contributed by atoms with Crippen LogP contribution in [0.3, 0.4) is 0 Å². The molecule has 0 bridgehead atoms. The standard InChI is InChI=1S/C17H11ClN4O3S/c18-12-9-21-17(23)11-2-1-3-15(16(11)12)26(24,25)22-5-4-13-14(22)6-10(7-19)8-20-13/h1-3,6,8-9H,4-5H2,(H,21,23). The number of fused-ring (bicyclic) bond motifs is 2. The third-order valence-corrected chi connectivity index (χ3v) is 6.46. The smallest absolute Gasteiger partial charge is 0.265 e. The van der Waals surface area contributed by atoms with Gasteiger partial charge >= 0.3 is 0 Å². The van der Waals surface area contributed by atoms with Crippen LogP contribution in [0.1, 0.15) is 11.3 Å². The number of hydrogen-bond donors (Lipinski definition) is 1. The van der Waals surface area contributed by atoms with Crippen LogP contribution in [-0.2, 0) is 16.4 Å². The Hall–Kier alpha value is -2.89. The maximum atomic E-state index is 13.3. The molecule has 3 heterocycles. The van der Waals surface area contributed by atoms with Crippen LogP contribution in [0, 0.1) is 11.3 Å². The van der Waals surface area contributed by atoms with Gasteiger partial charge in [-0.25, -0.2) is 8.42 Å². The van der Waals surface area contributed by atoms with Crippen LogP contribution < -0.4 is 9.86 Å². The average Bonchev–Trinajstić information content (AvgIpc) is 3.08. The van der Waals surface area contributed by atoms with E-state index in [0.29, 0.717) is 17.8 Å². The predicted molar refractivity (Wildman–Crippen MR) is 96.8 cm³/mol. The fourth-order valence-electron chi connectivity index (χ4n) is 3.11. The number of halogens is 1. The normalized spacial score (nSPS) is 13.6. The molecule has 3 aromatic rings. The zero-order valence-corrected chi connectivity index (χ0v) is 14.8. The minimum Gasteiger partial charge on any atom is -0.327 e. The maximum absolute atomic E-state index is 13.3. The molecule has 1 aromatic carbocycles. The highest BCUT2D eigenvalue weighted by Crippen LogP contribution is 2.35. The van der Waals surface area contributed by atoms with Gasteiger partial charge in [-0.3, -0.25) is 14.1 Å². The summed E-state index contributed by atoms with van der Waals surface area (Å²) in [7, 11) is -4.00. The van der Waals surface area contributed by atoms with Gasteiger partial charge in [0.05, 0.1) is 26.9 Å². The molecule has 26 heavy (non-hydrogen) atoms. The van der Waals surface area contributed by atoms with E-state index in [9.17, 15) is 13.2 Å². The van der Waals surface area contributed by atoms with Crippen LogP contribution in [-0.4, -0.2) is 24.9 Å². The highest BCUT2D eigenvalue weighted by atomic mass is 35.5. The summed E-state index contributed by atoms with van der Waals surface area (Å²) in [5.74, 6) is 0. The monoisotopic (exact) mass is 386 g/mol. The molecule has 0 radical (unpaired) electrons. The number of nitrogens with zero attached hydrogens (tertiary/aromatic N) is 3. The number of rotatable bonds is 2. The van der Waals surface area contributed by atoms with E-state index in [1.165, 1.54) is 41.0 Å². The van der Waals surface area contributed by atoms with Crippen molar-refractivity contribution in [2.75, 3.05) is 10.8 Å². The van der Waals surface area contributed by atoms with Crippen LogP contribution >= 0.6 is 11.6 Å². The summed E-state index contributed by atoms with van der Waals surface area (Å²) in [5.41, 5.74) is 0.841. The van der Waals surface area contributed by atoms with Crippen molar-refractivity contribution in [3.8, 4) is 6.07 Å². The lowest BCUT2D eigenvalue weighted by molar-refractivity contribution is 0.593. The Morgan fingerprint density at radius 3 is 2.92 bits per heavy atom. The SMILES string of the molecule is N#Cc1cnc2c(c1)N(S(=O)(=O)c1cccc3c(=O)[nH]cc(Cl)c13)CC2. The third-order valence-electron chi connectivity index (χ3n) is 4.30. The molecule has 7 nitrogen and oxygen atoms in total. The Morgan fingerprint density at radius 2 is 2.15 bits per heavy atom. The summed E-state index contributed by atoms with van der Waals surface area (Å²) in [4.78, 5) is 18.6. The lowest BCUT2D eigenvalue weighted by Gasteiger charge is -2.20. The molecule has 130 valence electrons. The topological polar surface area (TPSA) is 107 Å². The van der Waals surface area contributed by atoms with Gasteiger partial charge in [-0.1, -0.05) is 17.7 Å². The molecule has 0 unspecified atom stereocenters. The number of pyridine rings is 2. The summed E-state index contributed by atoms with van der Waals surface area (Å²) >= 11 is 6.19. The molecule has 9 heteroatoms. The second-order valence-corrected chi connectivity index (χ2v) is 8.01. The second-order valence-electron chi connectivity index (χ2n) is 5.77. The van der Waals surface area contributed by atoms with Gasteiger partial charge in [-0.2, -0.15) is 5.26 Å². The van der Waals surface area contributed by atoms with Crippen molar-refractivity contribution in [2.24, 2.45) is 0 Å². The van der Waals surface area contributed by atoms with Gasteiger partial charge in [-0.05, 0) is 18.2 Å². The van der Waals surface area contributed by atoms with Crippen molar-refractivity contribution >= 4 is 38.1 Å². The summed E-state index contributed by atoms with van der Waals surface area (Å²) < 4.78 is 27.8. The van der Waals surface area contributed by atoms with E-state index in [-0.39, 0.29) is 32.8 Å². The molecule has 0 atom stereocenters. The number of hydrogen-bond acceptors (Lipinski definition) is 5. The second kappa shape index (κ2) is 5.83. The number of aromatic nitrogens is 2. The Bertz CT molecular complexity index is 1260. The molecule has 2 aromatic heterocycles. The fourth-order valence-corrected chi connectivity index (χ4v) is 5.14. The van der Waals surface area contributed by atoms with Gasteiger partial charge < -0.3 is 4.98 Å². The van der Waals surface area contributed by atoms with Crippen LogP contribution in [0.25, 0.3) is 10.8 Å². The van der Waals surface area contributed by atoms with Gasteiger partial charge in [0.15, 0.2) is 0 Å². The number of sulfonamides is 1. The van der Waals surface area contributed by atoms with E-state index < -0.39 is 15.6 Å². The fraction of sp³-hybridized carbons (Fsp3) is 0.118. The van der Waals surface area contributed by atoms with Crippen LogP contribution in [0.15, 0.2) is 46.3 Å². The first kappa shape index (κ1) is 16.6. The molecule has 0 fully saturated rings. The first-order valence-electron chi connectivity index (χ1n) is 7.65. The summed E-state index contributed by atoms with van der Waals surface area (Å²) in [6.45, 7) is 0.205. The van der Waals surface area contributed by atoms with Crippen LogP contribution in [0.5, 0.6) is 0 Å². The Kier molecular flexibility index (Phi) is 3.72. The predicted octanol–water partition coefficient (Wildman–Crippen LogP) is 2.20. The molecule has 0 saturated heterocycles. The van der Waals surface area contributed by atoms with Crippen molar-refractivity contribution in [1.29, 1.82) is 5.26 Å². The van der Waals surface area contributed by atoms with Crippen LogP contribution in [0.4, 0.5) is 5.69 Å². The molecule has 0 spiro atoms. The van der Waals surface area contributed by atoms with Crippen molar-refractivity contribution < 1.29 is 8.42 Å². The number of nitriles is 1. The zero-order valence-electron chi connectivity index (χ0n) is 13.2. The Labute approximate surface area is 153 Å². The van der Waals surface area contributed by atoms with Gasteiger partial charge in [-0.15, -0.1) is 0 Å². The van der Waals surface area contributed by atoms with Gasteiger partial charge in [0, 0.05) is 36.1 Å². The summed E-state index contributed by atoms with van der Waals surface area (Å²) in [5, 5.41) is 9.58. The van der Waals surface area contributed by atoms with E-state index in [4.69, 9.17) is 16.9 Å². The van der Waals surface area contributed by atoms with E-state index in [1.54, 1.807) is 0 Å². The third kappa shape index (κ3) is 2.36. The quantitative estimate of drug-likeness (QED) is 0.726. The van der Waals surface area contributed by atoms with Crippen LogP contribution in [0.2, 0.25) is 5.02 Å². The largest absolute Gasteiger partial charge is 0.327 e. The van der Waals surface area contributed by atoms with Crippen molar-refractivity contribution in [1.82, 2.24) is 9.97 Å². The van der Waals surface area contributed by atoms with Crippen molar-refractivity contribution in [3.63, 3.8) is 0 Å². The zero-order chi connectivity index (χ0) is 18.5. The van der Waals surface area contributed by atoms with Crippen molar-refractivity contribution in [2.45, 2.75) is 11.3 Å². The van der Waals surface area contributed by atoms with E-state index >= 15 is 0 Å². The summed E-state index contributed by atoms with van der Waals surface area (Å²) in [6, 6.07) is 7.91. The van der Waals surface area contributed by atoms with Gasteiger partial charge in [0.2, 0.25) is 0 Å². The molecular weight excluding hydrogens is 376 g/mol. The van der Waals surface area contributed by atoms with E-state index in [2.05, 4.69) is 9.97 Å². The minimum atomic E-state index is -4.00. The molecule has 1 N–H and O–H groups in total. The molecule has 1 aliphatic rings. The highest BCUT2D eigenvalue weighted by Gasteiger charge is 2.33. The number of benzene rings is 1. The summed E-state index contributed by atoms with van der Waals surface area (Å²) in [6.07, 6.45) is 3.14. The van der Waals surface area contributed by atoms with Crippen molar-refractivity contribution in [3.05, 3.63) is 63.3 Å². The first-order valence-corrected chi connectivity index (χ1v) is 9.47. The molecular formula is C17H11ClN4O3S. The average molecular weight is 387 g/mol. The maximum Gasteiger partial charge on any atom is 0.265 e. The molecule has 1 aliphatic heterocycles. The molecule has 0 amide bonds. The Morgan fingerprint density at radius 1 is 1.35 bits per heavy atom. The lowest BCUT2D eigenvalue weighted by Crippen LogP contribution is -2.29. The highest BCUT2D eigenvalue weighted by molar-refractivity contribution is 7.93. The Balaban J connectivity index is 1.97. The van der Waals surface area contributed by atoms with E-state index in [1.807, 2.05) is 6.07 Å². The number of H-pyrrole nitrogens is 1. The lowest BCUT2D eigenvalue weighted by atomic mass is 10.2. The number of anilines is 1. The molecule has 4 rings (SSSR count). The molecule has 0 aliphatic carbocycles. The van der Waals surface area contributed by atoms with Gasteiger partial charge in [0.1, 0.15) is 6.07 Å². The first-order chi connectivity index (χ1) is 12.4. The number of nitrogens with one attached hydrogen (secondary N) is 1. The minimum absolute atomic E-state index is 0.0543. The molecule has 0 saturated carbocycles. The van der Waals surface area contributed by atoms with Gasteiger partial charge in [0.25, 0.3) is 15.6 Å². The number of aromatic amines is 1. The van der Waals surface area contributed by atoms with E-state index in [0.717, 1.165) is 0 Å².